The van der Waals surface area contributed by atoms with Crippen LogP contribution in [0, 0.1) is 6.92 Å². The summed E-state index contributed by atoms with van der Waals surface area (Å²) >= 11 is 12.1. The molecule has 1 aliphatic heterocycles. The molecule has 1 aliphatic rings. The van der Waals surface area contributed by atoms with Crippen molar-refractivity contribution in [1.29, 1.82) is 0 Å². The number of nitrogens with zero attached hydrogens (tertiary/aromatic N) is 4. The first-order valence-corrected chi connectivity index (χ1v) is 11.2. The van der Waals surface area contributed by atoms with Gasteiger partial charge in [0.25, 0.3) is 0 Å². The van der Waals surface area contributed by atoms with Gasteiger partial charge in [-0.05, 0) is 78.8 Å². The van der Waals surface area contributed by atoms with Gasteiger partial charge in [0.15, 0.2) is 5.11 Å². The van der Waals surface area contributed by atoms with Crippen molar-refractivity contribution in [2.45, 2.75) is 25.6 Å². The number of hydrogen-bond acceptors (Lipinski definition) is 3. The first-order chi connectivity index (χ1) is 15.6. The van der Waals surface area contributed by atoms with Gasteiger partial charge in [-0.15, -0.1) is 0 Å². The van der Waals surface area contributed by atoms with Crippen LogP contribution in [0.2, 0.25) is 5.02 Å². The maximum absolute atomic E-state index is 6.29. The number of aromatic nitrogens is 3. The van der Waals surface area contributed by atoms with E-state index in [0.717, 1.165) is 33.2 Å². The highest BCUT2D eigenvalue weighted by molar-refractivity contribution is 7.80. The molecule has 5 nitrogen and oxygen atoms in total. The van der Waals surface area contributed by atoms with Gasteiger partial charge in [-0.2, -0.15) is 0 Å². The fourth-order valence-electron chi connectivity index (χ4n) is 4.23. The molecule has 0 aliphatic carbocycles. The van der Waals surface area contributed by atoms with Crippen LogP contribution in [0.25, 0.3) is 5.69 Å². The topological polar surface area (TPSA) is 46.0 Å². The number of benzene rings is 1. The van der Waals surface area contributed by atoms with Gasteiger partial charge in [-0.25, -0.2) is 0 Å². The third-order valence-corrected chi connectivity index (χ3v) is 6.55. The van der Waals surface area contributed by atoms with E-state index in [4.69, 9.17) is 23.8 Å². The molecule has 0 amide bonds. The van der Waals surface area contributed by atoms with E-state index < -0.39 is 0 Å². The summed E-state index contributed by atoms with van der Waals surface area (Å²) in [5, 5.41) is 4.98. The Bertz CT molecular complexity index is 1240. The van der Waals surface area contributed by atoms with Gasteiger partial charge < -0.3 is 14.8 Å². The van der Waals surface area contributed by atoms with Gasteiger partial charge >= 0.3 is 0 Å². The molecule has 0 spiro atoms. The summed E-state index contributed by atoms with van der Waals surface area (Å²) < 4.78 is 2.20. The van der Waals surface area contributed by atoms with Gasteiger partial charge in [-0.1, -0.05) is 23.7 Å². The van der Waals surface area contributed by atoms with Crippen LogP contribution < -0.4 is 5.32 Å². The maximum Gasteiger partial charge on any atom is 0.170 e. The highest BCUT2D eigenvalue weighted by atomic mass is 35.5. The SMILES string of the molecule is Cc1cc(-n2cccc2[C@@H]2[C@@H](c3ccccn3)NC(=S)N2Cc2cccnc2)ccc1Cl. The Morgan fingerprint density at radius 1 is 1.06 bits per heavy atom. The molecule has 1 saturated heterocycles. The Morgan fingerprint density at radius 2 is 1.97 bits per heavy atom. The Labute approximate surface area is 197 Å². The van der Waals surface area contributed by atoms with Crippen molar-refractivity contribution in [3.8, 4) is 5.69 Å². The third-order valence-electron chi connectivity index (χ3n) is 5.78. The second-order valence-electron chi connectivity index (χ2n) is 7.85. The zero-order valence-electron chi connectivity index (χ0n) is 17.5. The Hall–Kier alpha value is -3.22. The van der Waals surface area contributed by atoms with E-state index in [1.807, 2.05) is 55.7 Å². The molecule has 1 aromatic carbocycles. The van der Waals surface area contributed by atoms with Crippen molar-refractivity contribution in [2.24, 2.45) is 0 Å². The fraction of sp³-hybridized carbons (Fsp3) is 0.160. The predicted molar refractivity (Wildman–Crippen MR) is 131 cm³/mol. The lowest BCUT2D eigenvalue weighted by Crippen LogP contribution is -2.30. The van der Waals surface area contributed by atoms with Crippen molar-refractivity contribution < 1.29 is 0 Å². The maximum atomic E-state index is 6.29. The normalized spacial score (nSPS) is 18.1. The molecule has 2 atom stereocenters. The van der Waals surface area contributed by atoms with E-state index in [-0.39, 0.29) is 12.1 Å². The van der Waals surface area contributed by atoms with Crippen LogP contribution >= 0.6 is 23.8 Å². The largest absolute Gasteiger partial charge is 0.352 e. The number of halogens is 1. The summed E-state index contributed by atoms with van der Waals surface area (Å²) in [5.41, 5.74) is 5.28. The van der Waals surface area contributed by atoms with Crippen LogP contribution in [0.15, 0.2) is 85.5 Å². The van der Waals surface area contributed by atoms with Crippen molar-refractivity contribution >= 4 is 28.9 Å². The van der Waals surface area contributed by atoms with Crippen molar-refractivity contribution in [3.05, 3.63) is 113 Å². The van der Waals surface area contributed by atoms with Crippen LogP contribution in [0.5, 0.6) is 0 Å². The third kappa shape index (κ3) is 3.87. The van der Waals surface area contributed by atoms with Gasteiger partial charge in [0, 0.05) is 47.7 Å². The Balaban J connectivity index is 1.61. The van der Waals surface area contributed by atoms with E-state index in [1.54, 1.807) is 6.20 Å². The molecular formula is C25H22ClN5S. The van der Waals surface area contributed by atoms with E-state index >= 15 is 0 Å². The van der Waals surface area contributed by atoms with Crippen LogP contribution in [0.4, 0.5) is 0 Å². The molecule has 0 saturated carbocycles. The molecule has 0 radical (unpaired) electrons. The Morgan fingerprint density at radius 3 is 2.72 bits per heavy atom. The average molecular weight is 460 g/mol. The van der Waals surface area contributed by atoms with E-state index in [9.17, 15) is 0 Å². The number of hydrogen-bond donors (Lipinski definition) is 1. The molecule has 32 heavy (non-hydrogen) atoms. The molecule has 3 aromatic heterocycles. The van der Waals surface area contributed by atoms with Crippen molar-refractivity contribution in [1.82, 2.24) is 24.8 Å². The second-order valence-corrected chi connectivity index (χ2v) is 8.65. The summed E-state index contributed by atoms with van der Waals surface area (Å²) in [7, 11) is 0. The van der Waals surface area contributed by atoms with Crippen molar-refractivity contribution in [2.75, 3.05) is 0 Å². The zero-order valence-corrected chi connectivity index (χ0v) is 19.1. The quantitative estimate of drug-likeness (QED) is 0.405. The number of aryl methyl sites for hydroxylation is 1. The number of pyridine rings is 2. The highest BCUT2D eigenvalue weighted by Gasteiger charge is 2.41. The summed E-state index contributed by atoms with van der Waals surface area (Å²) in [4.78, 5) is 11.1. The lowest BCUT2D eigenvalue weighted by molar-refractivity contribution is 0.302. The van der Waals surface area contributed by atoms with Gasteiger partial charge in [0.05, 0.1) is 17.8 Å². The predicted octanol–water partition coefficient (Wildman–Crippen LogP) is 5.40. The Kier molecular flexibility index (Phi) is 5.64. The van der Waals surface area contributed by atoms with Crippen LogP contribution in [-0.4, -0.2) is 24.5 Å². The lowest BCUT2D eigenvalue weighted by Gasteiger charge is -2.29. The summed E-state index contributed by atoms with van der Waals surface area (Å²) in [6.45, 7) is 2.67. The molecule has 7 heteroatoms. The number of nitrogens with one attached hydrogen (secondary N) is 1. The first kappa shape index (κ1) is 20.7. The standard InChI is InChI=1S/C25H22ClN5S/c1-17-14-19(9-10-20(17)26)30-13-5-8-22(30)24-23(21-7-2-3-12-28-21)29-25(32)31(24)16-18-6-4-11-27-15-18/h2-15,23-24H,16H2,1H3,(H,29,32)/t23-,24-/m1/s1. The molecule has 1 fully saturated rings. The smallest absolute Gasteiger partial charge is 0.170 e. The average Bonchev–Trinajstić information content (AvgIpc) is 3.42. The number of rotatable bonds is 5. The minimum atomic E-state index is -0.0811. The lowest BCUT2D eigenvalue weighted by atomic mass is 10.0. The van der Waals surface area contributed by atoms with Crippen LogP contribution in [0.3, 0.4) is 0 Å². The number of thiocarbonyl (C=S) groups is 1. The monoisotopic (exact) mass is 459 g/mol. The molecule has 4 aromatic rings. The van der Waals surface area contributed by atoms with Gasteiger partial charge in [-0.3, -0.25) is 9.97 Å². The molecule has 0 unspecified atom stereocenters. The first-order valence-electron chi connectivity index (χ1n) is 10.4. The fourth-order valence-corrected chi connectivity index (χ4v) is 4.66. The zero-order chi connectivity index (χ0) is 22.1. The molecule has 5 rings (SSSR count). The van der Waals surface area contributed by atoms with Crippen LogP contribution in [-0.2, 0) is 6.54 Å². The molecular weight excluding hydrogens is 438 g/mol. The minimum absolute atomic E-state index is 0.0522. The van der Waals surface area contributed by atoms with E-state index in [0.29, 0.717) is 11.7 Å². The molecule has 1 N–H and O–H groups in total. The van der Waals surface area contributed by atoms with E-state index in [2.05, 4.69) is 55.2 Å². The van der Waals surface area contributed by atoms with Crippen LogP contribution in [0.1, 0.15) is 34.6 Å². The minimum Gasteiger partial charge on any atom is -0.352 e. The van der Waals surface area contributed by atoms with Gasteiger partial charge in [0.1, 0.15) is 0 Å². The van der Waals surface area contributed by atoms with Gasteiger partial charge in [0.2, 0.25) is 0 Å². The summed E-state index contributed by atoms with van der Waals surface area (Å²) in [6.07, 6.45) is 7.57. The van der Waals surface area contributed by atoms with E-state index in [1.165, 1.54) is 0 Å². The second kappa shape index (κ2) is 8.73. The highest BCUT2D eigenvalue weighted by Crippen LogP contribution is 2.40. The molecule has 0 bridgehead atoms. The molecule has 160 valence electrons. The summed E-state index contributed by atoms with van der Waals surface area (Å²) in [5.74, 6) is 0. The van der Waals surface area contributed by atoms with Crippen molar-refractivity contribution in [3.63, 3.8) is 0 Å². The summed E-state index contributed by atoms with van der Waals surface area (Å²) in [6, 6.07) is 20.2. The molecule has 4 heterocycles.